The molecule has 0 saturated heterocycles. The maximum absolute atomic E-state index is 2.29. The van der Waals surface area contributed by atoms with Crippen molar-refractivity contribution in [3.8, 4) is 0 Å². The predicted octanol–water partition coefficient (Wildman–Crippen LogP) is 2.89. The second-order valence-electron chi connectivity index (χ2n) is 2.24. The summed E-state index contributed by atoms with van der Waals surface area (Å²) in [6, 6.07) is 10.7. The van der Waals surface area contributed by atoms with E-state index in [1.54, 1.807) is 0 Å². The van der Waals surface area contributed by atoms with Crippen LogP contribution in [0, 0.1) is 46.1 Å². The van der Waals surface area contributed by atoms with E-state index in [0.29, 0.717) is 0 Å². The minimum absolute atomic E-state index is 0.762. The van der Waals surface area contributed by atoms with Crippen LogP contribution in [0.25, 0.3) is 0 Å². The standard InChI is InChI=1S/C8H10P.Eu/c1-7(9)8-5-3-2-4-6-8;/h2-7,9H,1H3;/q-1;+1. The molecule has 0 aliphatic carbocycles. The molecule has 0 aliphatic rings. The van der Waals surface area contributed by atoms with Gasteiger partial charge in [-0.25, -0.2) is 0 Å². The van der Waals surface area contributed by atoms with Gasteiger partial charge in [-0.05, 0) is 0 Å². The molecule has 0 bridgehead atoms. The molecule has 0 fully saturated rings. The zero-order chi connectivity index (χ0) is 7.40. The summed E-state index contributed by atoms with van der Waals surface area (Å²) in [5.41, 5.74) is 2.24. The third-order valence-electron chi connectivity index (χ3n) is 1.46. The van der Waals surface area contributed by atoms with E-state index in [1.165, 1.54) is 5.56 Å². The first-order valence-electron chi connectivity index (χ1n) is 3.25. The van der Waals surface area contributed by atoms with Crippen molar-refractivity contribution in [2.24, 2.45) is 0 Å². The van der Waals surface area contributed by atoms with Crippen molar-refractivity contribution >= 4 is 2.01 Å². The average Bonchev–Trinajstić information content (AvgIpc) is 2.05. The van der Waals surface area contributed by atoms with Crippen LogP contribution in [-0.4, -0.2) is 0 Å². The molecule has 1 aromatic carbocycles. The van der Waals surface area contributed by atoms with Gasteiger partial charge in [0, 0.05) is 0 Å². The van der Waals surface area contributed by atoms with Crippen LogP contribution in [0.2, 0.25) is 0 Å². The third kappa shape index (κ3) is 2.70. The SMILES string of the molecule is CC([PH][Eu])c1ccccc1. The van der Waals surface area contributed by atoms with Crippen LogP contribution < -0.4 is 0 Å². The maximum atomic E-state index is 2.29. The second kappa shape index (κ2) is 4.98. The van der Waals surface area contributed by atoms with Crippen molar-refractivity contribution in [2.75, 3.05) is 0 Å². The molecule has 0 nitrogen and oxygen atoms in total. The quantitative estimate of drug-likeness (QED) is 0.734. The van der Waals surface area contributed by atoms with Crippen LogP contribution in [0.4, 0.5) is 0 Å². The molecule has 0 aromatic heterocycles. The zero-order valence-electron chi connectivity index (χ0n) is 5.84. The zero-order valence-corrected chi connectivity index (χ0v) is 9.27. The first-order valence-corrected chi connectivity index (χ1v) is 7.85. The van der Waals surface area contributed by atoms with E-state index in [2.05, 4.69) is 37.3 Å². The Hall–Kier alpha value is 1.23. The number of rotatable bonds is 2. The van der Waals surface area contributed by atoms with Gasteiger partial charge in [0.15, 0.2) is 0 Å². The summed E-state index contributed by atoms with van der Waals surface area (Å²) < 4.78 is 1.06. The molecule has 0 N–H and O–H groups in total. The Balaban J connectivity index is 2.75. The van der Waals surface area contributed by atoms with Gasteiger partial charge in [0.05, 0.1) is 0 Å². The summed E-state index contributed by atoms with van der Waals surface area (Å²) in [5.74, 6) is 0. The first-order chi connectivity index (χ1) is 4.84. The summed E-state index contributed by atoms with van der Waals surface area (Å²) in [6.45, 7) is 2.29. The molecule has 0 aliphatic heterocycles. The van der Waals surface area contributed by atoms with Gasteiger partial charge in [-0.1, -0.05) is 0 Å². The molecule has 54 valence electrons. The van der Waals surface area contributed by atoms with Crippen molar-refractivity contribution in [2.45, 2.75) is 12.6 Å². The van der Waals surface area contributed by atoms with E-state index < -0.39 is 0 Å². The van der Waals surface area contributed by atoms with Gasteiger partial charge >= 0.3 is 96.6 Å². The van der Waals surface area contributed by atoms with E-state index in [-0.39, 0.29) is 0 Å². The predicted molar refractivity (Wildman–Crippen MR) is 43.2 cm³/mol. The minimum atomic E-state index is 0.762. The summed E-state index contributed by atoms with van der Waals surface area (Å²) in [5, 5.41) is 0. The Morgan fingerprint density at radius 3 is 2.40 bits per heavy atom. The van der Waals surface area contributed by atoms with Gasteiger partial charge in [0.25, 0.3) is 0 Å². The number of hydrogen-bond acceptors (Lipinski definition) is 0. The third-order valence-corrected chi connectivity index (χ3v) is 5.27. The van der Waals surface area contributed by atoms with E-state index in [9.17, 15) is 0 Å². The first kappa shape index (κ1) is 9.32. The normalized spacial score (nSPS) is 14.2. The van der Waals surface area contributed by atoms with Crippen LogP contribution in [0.15, 0.2) is 30.3 Å². The van der Waals surface area contributed by atoms with Gasteiger partial charge < -0.3 is 0 Å². The van der Waals surface area contributed by atoms with E-state index in [1.807, 2.05) is 46.1 Å². The topological polar surface area (TPSA) is 0 Å². The van der Waals surface area contributed by atoms with Gasteiger partial charge in [-0.15, -0.1) is 0 Å². The summed E-state index contributed by atoms with van der Waals surface area (Å²) in [7, 11) is 0. The average molecular weight is 289 g/mol. The number of benzene rings is 1. The van der Waals surface area contributed by atoms with Crippen LogP contribution in [0.1, 0.15) is 18.1 Å². The molecule has 0 saturated carbocycles. The summed E-state index contributed by atoms with van der Waals surface area (Å²) in [4.78, 5) is 0. The molecule has 0 spiro atoms. The number of hydrogen-bond donors (Lipinski definition) is 0. The molecule has 2 unspecified atom stereocenters. The monoisotopic (exact) mass is 290 g/mol. The molecule has 10 heavy (non-hydrogen) atoms. The molecule has 2 atom stereocenters. The van der Waals surface area contributed by atoms with Gasteiger partial charge in [-0.2, -0.15) is 0 Å². The van der Waals surface area contributed by atoms with Crippen LogP contribution >= 0.6 is 2.01 Å². The van der Waals surface area contributed by atoms with Crippen molar-refractivity contribution in [3.05, 3.63) is 35.9 Å². The Bertz CT molecular complexity index is 186. The Labute approximate surface area is 95.1 Å². The van der Waals surface area contributed by atoms with Crippen LogP contribution in [0.3, 0.4) is 0 Å². The molecular formula is C8H10EuP. The fourth-order valence-corrected chi connectivity index (χ4v) is 2.34. The van der Waals surface area contributed by atoms with E-state index in [0.717, 1.165) is 7.67 Å². The molecule has 0 radical (unpaired) electrons. The molecule has 0 heterocycles. The van der Waals surface area contributed by atoms with Crippen molar-refractivity contribution in [1.29, 1.82) is 0 Å². The molecule has 2 heteroatoms. The van der Waals surface area contributed by atoms with Gasteiger partial charge in [-0.3, -0.25) is 0 Å². The molecule has 0 amide bonds. The Kier molecular flexibility index (Phi) is 4.65. The van der Waals surface area contributed by atoms with Gasteiger partial charge in [0.1, 0.15) is 0 Å². The van der Waals surface area contributed by atoms with Gasteiger partial charge in [0.2, 0.25) is 0 Å². The summed E-state index contributed by atoms with van der Waals surface area (Å²) >= 11 is 1.88. The van der Waals surface area contributed by atoms with Crippen molar-refractivity contribution in [3.63, 3.8) is 0 Å². The van der Waals surface area contributed by atoms with E-state index in [4.69, 9.17) is 0 Å². The molecule has 1 aromatic rings. The van der Waals surface area contributed by atoms with Crippen molar-refractivity contribution < 1.29 is 46.1 Å². The van der Waals surface area contributed by atoms with Crippen LogP contribution in [0.5, 0.6) is 0 Å². The van der Waals surface area contributed by atoms with E-state index >= 15 is 0 Å². The Morgan fingerprint density at radius 1 is 1.30 bits per heavy atom. The second-order valence-corrected chi connectivity index (χ2v) is 5.43. The fourth-order valence-electron chi connectivity index (χ4n) is 0.805. The Morgan fingerprint density at radius 2 is 1.90 bits per heavy atom. The molecular weight excluding hydrogens is 279 g/mol. The molecule has 1 rings (SSSR count). The fraction of sp³-hybridized carbons (Fsp3) is 0.250. The van der Waals surface area contributed by atoms with Crippen molar-refractivity contribution in [1.82, 2.24) is 0 Å². The summed E-state index contributed by atoms with van der Waals surface area (Å²) in [6.07, 6.45) is 0. The van der Waals surface area contributed by atoms with Crippen LogP contribution in [-0.2, 0) is 0 Å².